The van der Waals surface area contributed by atoms with Crippen LogP contribution in [0.1, 0.15) is 20.9 Å². The SMILES string of the molecule is O=C(OCC(=O)c1cc2ccccc2o1)c1cccc(S(=O)(=O)Nc2ccccc2Cl)c1. The van der Waals surface area contributed by atoms with E-state index in [-0.39, 0.29) is 26.9 Å². The van der Waals surface area contributed by atoms with Crippen LogP contribution < -0.4 is 4.72 Å². The number of sulfonamides is 1. The highest BCUT2D eigenvalue weighted by Crippen LogP contribution is 2.24. The van der Waals surface area contributed by atoms with Gasteiger partial charge in [0.1, 0.15) is 5.58 Å². The lowest BCUT2D eigenvalue weighted by molar-refractivity contribution is 0.0468. The van der Waals surface area contributed by atoms with Crippen molar-refractivity contribution in [3.05, 3.63) is 95.2 Å². The number of nitrogens with one attached hydrogen (secondary N) is 1. The molecule has 0 atom stereocenters. The zero-order chi connectivity index (χ0) is 22.7. The first-order valence-electron chi connectivity index (χ1n) is 9.40. The van der Waals surface area contributed by atoms with Crippen LogP contribution in [0.15, 0.2) is 88.2 Å². The van der Waals surface area contributed by atoms with Gasteiger partial charge in [0, 0.05) is 5.39 Å². The smallest absolute Gasteiger partial charge is 0.338 e. The number of ketones is 1. The Morgan fingerprint density at radius 2 is 1.69 bits per heavy atom. The molecule has 0 aliphatic carbocycles. The summed E-state index contributed by atoms with van der Waals surface area (Å²) in [4.78, 5) is 24.6. The molecule has 1 N–H and O–H groups in total. The van der Waals surface area contributed by atoms with Crippen LogP contribution in [0.4, 0.5) is 5.69 Å². The molecule has 9 heteroatoms. The van der Waals surface area contributed by atoms with Gasteiger partial charge >= 0.3 is 5.97 Å². The highest BCUT2D eigenvalue weighted by Gasteiger charge is 2.20. The van der Waals surface area contributed by atoms with Gasteiger partial charge in [0.15, 0.2) is 12.4 Å². The van der Waals surface area contributed by atoms with E-state index in [9.17, 15) is 18.0 Å². The van der Waals surface area contributed by atoms with Crippen molar-refractivity contribution in [2.45, 2.75) is 4.90 Å². The molecule has 0 aliphatic heterocycles. The number of halogens is 1. The van der Waals surface area contributed by atoms with Crippen LogP contribution in [0.25, 0.3) is 11.0 Å². The Labute approximate surface area is 188 Å². The van der Waals surface area contributed by atoms with Crippen molar-refractivity contribution >= 4 is 50.0 Å². The van der Waals surface area contributed by atoms with E-state index in [4.69, 9.17) is 20.8 Å². The Morgan fingerprint density at radius 1 is 0.938 bits per heavy atom. The fourth-order valence-electron chi connectivity index (χ4n) is 2.94. The van der Waals surface area contributed by atoms with Crippen LogP contribution in [-0.2, 0) is 14.8 Å². The van der Waals surface area contributed by atoms with Gasteiger partial charge in [-0.25, -0.2) is 13.2 Å². The Balaban J connectivity index is 1.46. The van der Waals surface area contributed by atoms with E-state index in [1.807, 2.05) is 6.07 Å². The molecule has 0 aliphatic rings. The number of Topliss-reactive ketones (excluding diaryl/α,β-unsaturated/α-hetero) is 1. The maximum atomic E-state index is 12.7. The molecule has 0 saturated carbocycles. The van der Waals surface area contributed by atoms with Crippen molar-refractivity contribution in [1.82, 2.24) is 0 Å². The average molecular weight is 470 g/mol. The van der Waals surface area contributed by atoms with Gasteiger partial charge in [-0.3, -0.25) is 9.52 Å². The van der Waals surface area contributed by atoms with E-state index in [1.165, 1.54) is 24.3 Å². The van der Waals surface area contributed by atoms with Gasteiger partial charge in [0.05, 0.1) is 21.2 Å². The van der Waals surface area contributed by atoms with E-state index < -0.39 is 28.4 Å². The third kappa shape index (κ3) is 4.66. The number of esters is 1. The lowest BCUT2D eigenvalue weighted by Gasteiger charge is -2.10. The van der Waals surface area contributed by atoms with Crippen molar-refractivity contribution < 1.29 is 27.2 Å². The van der Waals surface area contributed by atoms with Crippen LogP contribution in [0, 0.1) is 0 Å². The van der Waals surface area contributed by atoms with E-state index >= 15 is 0 Å². The lowest BCUT2D eigenvalue weighted by Crippen LogP contribution is -2.16. The summed E-state index contributed by atoms with van der Waals surface area (Å²) in [7, 11) is -4.01. The molecule has 162 valence electrons. The van der Waals surface area contributed by atoms with E-state index in [1.54, 1.807) is 42.5 Å². The molecular weight excluding hydrogens is 454 g/mol. The third-order valence-corrected chi connectivity index (χ3v) is 6.23. The Bertz CT molecular complexity index is 1390. The van der Waals surface area contributed by atoms with E-state index in [2.05, 4.69) is 4.72 Å². The molecule has 4 rings (SSSR count). The summed E-state index contributed by atoms with van der Waals surface area (Å²) >= 11 is 6.01. The molecule has 32 heavy (non-hydrogen) atoms. The maximum Gasteiger partial charge on any atom is 0.338 e. The molecule has 0 fully saturated rings. The molecule has 0 bridgehead atoms. The van der Waals surface area contributed by atoms with Crippen LogP contribution >= 0.6 is 11.6 Å². The Morgan fingerprint density at radius 3 is 2.47 bits per heavy atom. The second kappa shape index (κ2) is 8.86. The quantitative estimate of drug-likeness (QED) is 0.304. The Kier molecular flexibility index (Phi) is 5.98. The number of anilines is 1. The standard InChI is InChI=1S/C23H16ClNO6S/c24-18-9-2-3-10-19(18)25-32(28,29)17-8-5-7-16(12-17)23(27)30-14-20(26)22-13-15-6-1-4-11-21(15)31-22/h1-13,25H,14H2. The molecule has 0 amide bonds. The number of rotatable bonds is 7. The minimum Gasteiger partial charge on any atom is -0.454 e. The minimum atomic E-state index is -4.01. The molecule has 1 aromatic heterocycles. The summed E-state index contributed by atoms with van der Waals surface area (Å²) in [5, 5.41) is 0.988. The first kappa shape index (κ1) is 21.6. The molecule has 0 unspecified atom stereocenters. The average Bonchev–Trinajstić information content (AvgIpc) is 3.23. The molecule has 7 nitrogen and oxygen atoms in total. The second-order valence-electron chi connectivity index (χ2n) is 6.76. The lowest BCUT2D eigenvalue weighted by atomic mass is 10.2. The number of carbonyl (C=O) groups excluding carboxylic acids is 2. The predicted molar refractivity (Wildman–Crippen MR) is 120 cm³/mol. The number of fused-ring (bicyclic) bond motifs is 1. The fourth-order valence-corrected chi connectivity index (χ4v) is 4.31. The maximum absolute atomic E-state index is 12.7. The zero-order valence-corrected chi connectivity index (χ0v) is 18.0. The highest BCUT2D eigenvalue weighted by atomic mass is 35.5. The molecular formula is C23H16ClNO6S. The van der Waals surface area contributed by atoms with Crippen molar-refractivity contribution in [1.29, 1.82) is 0 Å². The van der Waals surface area contributed by atoms with Gasteiger partial charge in [-0.1, -0.05) is 48.0 Å². The normalized spacial score (nSPS) is 11.3. The summed E-state index contributed by atoms with van der Waals surface area (Å²) in [6.07, 6.45) is 0. The number of ether oxygens (including phenoxy) is 1. The van der Waals surface area contributed by atoms with Crippen molar-refractivity contribution in [3.63, 3.8) is 0 Å². The minimum absolute atomic E-state index is 0.0237. The van der Waals surface area contributed by atoms with Crippen molar-refractivity contribution in [3.8, 4) is 0 Å². The number of hydrogen-bond donors (Lipinski definition) is 1. The number of benzene rings is 3. The summed E-state index contributed by atoms with van der Waals surface area (Å²) in [6, 6.07) is 20.3. The van der Waals surface area contributed by atoms with Crippen LogP contribution in [-0.4, -0.2) is 26.8 Å². The fraction of sp³-hybridized carbons (Fsp3) is 0.0435. The zero-order valence-electron chi connectivity index (χ0n) is 16.4. The van der Waals surface area contributed by atoms with Crippen molar-refractivity contribution in [2.24, 2.45) is 0 Å². The highest BCUT2D eigenvalue weighted by molar-refractivity contribution is 7.92. The summed E-state index contributed by atoms with van der Waals surface area (Å²) in [5.74, 6) is -1.29. The Hall–Kier alpha value is -3.62. The number of carbonyl (C=O) groups is 2. The molecule has 1 heterocycles. The van der Waals surface area contributed by atoms with Gasteiger partial charge in [-0.15, -0.1) is 0 Å². The van der Waals surface area contributed by atoms with E-state index in [0.717, 1.165) is 11.5 Å². The molecule has 4 aromatic rings. The van der Waals surface area contributed by atoms with Crippen LogP contribution in [0.2, 0.25) is 5.02 Å². The van der Waals surface area contributed by atoms with Crippen molar-refractivity contribution in [2.75, 3.05) is 11.3 Å². The van der Waals surface area contributed by atoms with Gasteiger partial charge < -0.3 is 9.15 Å². The van der Waals surface area contributed by atoms with E-state index in [0.29, 0.717) is 5.58 Å². The summed E-state index contributed by atoms with van der Waals surface area (Å²) in [5.41, 5.74) is 0.731. The first-order valence-corrected chi connectivity index (χ1v) is 11.3. The predicted octanol–water partition coefficient (Wildman–Crippen LogP) is 4.93. The summed E-state index contributed by atoms with van der Waals surface area (Å²) < 4.78 is 38.2. The van der Waals surface area contributed by atoms with Gasteiger partial charge in [0.2, 0.25) is 5.78 Å². The van der Waals surface area contributed by atoms with Gasteiger partial charge in [-0.2, -0.15) is 0 Å². The largest absolute Gasteiger partial charge is 0.454 e. The van der Waals surface area contributed by atoms with Crippen LogP contribution in [0.5, 0.6) is 0 Å². The van der Waals surface area contributed by atoms with Gasteiger partial charge in [-0.05, 0) is 42.5 Å². The second-order valence-corrected chi connectivity index (χ2v) is 8.85. The first-order chi connectivity index (χ1) is 15.3. The molecule has 0 spiro atoms. The molecule has 0 radical (unpaired) electrons. The number of para-hydroxylation sites is 2. The number of hydrogen-bond acceptors (Lipinski definition) is 6. The molecule has 0 saturated heterocycles. The molecule has 3 aromatic carbocycles. The van der Waals surface area contributed by atoms with Gasteiger partial charge in [0.25, 0.3) is 10.0 Å². The third-order valence-electron chi connectivity index (χ3n) is 4.53. The monoisotopic (exact) mass is 469 g/mol. The summed E-state index contributed by atoms with van der Waals surface area (Å²) in [6.45, 7) is -0.548. The topological polar surface area (TPSA) is 103 Å². The number of furan rings is 1. The van der Waals surface area contributed by atoms with Crippen LogP contribution in [0.3, 0.4) is 0 Å².